The van der Waals surface area contributed by atoms with Crippen LogP contribution in [0.3, 0.4) is 0 Å². The molecule has 0 aromatic heterocycles. The van der Waals surface area contributed by atoms with Gasteiger partial charge in [-0.2, -0.15) is 0 Å². The third-order valence-corrected chi connectivity index (χ3v) is 3.82. The lowest BCUT2D eigenvalue weighted by molar-refractivity contribution is -0.138. The summed E-state index contributed by atoms with van der Waals surface area (Å²) in [6.07, 6.45) is 0.151. The predicted molar refractivity (Wildman–Crippen MR) is 92.4 cm³/mol. The second kappa shape index (κ2) is 7.17. The first-order valence-electron chi connectivity index (χ1n) is 7.69. The van der Waals surface area contributed by atoms with Crippen molar-refractivity contribution in [3.8, 4) is 5.75 Å². The van der Waals surface area contributed by atoms with Crippen molar-refractivity contribution >= 4 is 17.6 Å². The van der Waals surface area contributed by atoms with Gasteiger partial charge in [0.05, 0.1) is 18.0 Å². The SMILES string of the molecule is Cc1cc(C)cc(CC(=O)Nc2c(O)cccc2[C@H](C)C(=O)O)c1. The Morgan fingerprint density at radius 2 is 1.75 bits per heavy atom. The number of carboxylic acids is 1. The number of para-hydroxylation sites is 1. The van der Waals surface area contributed by atoms with Crippen molar-refractivity contribution in [1.29, 1.82) is 0 Å². The average molecular weight is 327 g/mol. The Bertz CT molecular complexity index is 763. The molecule has 3 N–H and O–H groups in total. The zero-order valence-corrected chi connectivity index (χ0v) is 14.0. The van der Waals surface area contributed by atoms with Crippen molar-refractivity contribution < 1.29 is 19.8 Å². The van der Waals surface area contributed by atoms with Crippen LogP contribution in [0.5, 0.6) is 5.75 Å². The van der Waals surface area contributed by atoms with Crippen LogP contribution in [0.15, 0.2) is 36.4 Å². The summed E-state index contributed by atoms with van der Waals surface area (Å²) in [4.78, 5) is 23.6. The van der Waals surface area contributed by atoms with Gasteiger partial charge in [0.15, 0.2) is 0 Å². The van der Waals surface area contributed by atoms with E-state index < -0.39 is 11.9 Å². The van der Waals surface area contributed by atoms with E-state index in [0.29, 0.717) is 5.56 Å². The summed E-state index contributed by atoms with van der Waals surface area (Å²) in [5, 5.41) is 21.9. The first-order chi connectivity index (χ1) is 11.3. The maximum absolute atomic E-state index is 12.3. The first kappa shape index (κ1) is 17.5. The number of aliphatic carboxylic acids is 1. The van der Waals surface area contributed by atoms with Gasteiger partial charge in [0.1, 0.15) is 5.75 Å². The van der Waals surface area contributed by atoms with Gasteiger partial charge in [-0.1, -0.05) is 41.5 Å². The van der Waals surface area contributed by atoms with Gasteiger partial charge < -0.3 is 15.5 Å². The Labute approximate surface area is 141 Å². The van der Waals surface area contributed by atoms with Gasteiger partial charge in [-0.3, -0.25) is 9.59 Å². The second-order valence-corrected chi connectivity index (χ2v) is 6.02. The van der Waals surface area contributed by atoms with Crippen LogP contribution in [-0.2, 0) is 16.0 Å². The van der Waals surface area contributed by atoms with Gasteiger partial charge in [-0.25, -0.2) is 0 Å². The maximum Gasteiger partial charge on any atom is 0.310 e. The Balaban J connectivity index is 2.24. The van der Waals surface area contributed by atoms with Crippen molar-refractivity contribution in [2.24, 2.45) is 0 Å². The molecule has 24 heavy (non-hydrogen) atoms. The number of carboxylic acid groups (broad SMARTS) is 1. The third-order valence-electron chi connectivity index (χ3n) is 3.82. The maximum atomic E-state index is 12.3. The number of hydrogen-bond donors (Lipinski definition) is 3. The molecule has 1 atom stereocenters. The standard InChI is InChI=1S/C19H21NO4/c1-11-7-12(2)9-14(8-11)10-17(22)20-18-15(13(3)19(23)24)5-4-6-16(18)21/h4-9,13,21H,10H2,1-3H3,(H,20,22)(H,23,24)/t13-/m0/s1. The first-order valence-corrected chi connectivity index (χ1v) is 7.69. The van der Waals surface area contributed by atoms with Crippen LogP contribution in [0.4, 0.5) is 5.69 Å². The molecule has 1 amide bonds. The van der Waals surface area contributed by atoms with Crippen molar-refractivity contribution in [2.75, 3.05) is 5.32 Å². The Morgan fingerprint density at radius 1 is 1.12 bits per heavy atom. The van der Waals surface area contributed by atoms with Crippen molar-refractivity contribution in [2.45, 2.75) is 33.1 Å². The summed E-state index contributed by atoms with van der Waals surface area (Å²) in [6.45, 7) is 5.44. The topological polar surface area (TPSA) is 86.6 Å². The van der Waals surface area contributed by atoms with E-state index in [1.54, 1.807) is 12.1 Å². The third kappa shape index (κ3) is 4.13. The number of amides is 1. The van der Waals surface area contributed by atoms with Gasteiger partial charge >= 0.3 is 5.97 Å². The monoisotopic (exact) mass is 327 g/mol. The fourth-order valence-electron chi connectivity index (χ4n) is 2.73. The van der Waals surface area contributed by atoms with E-state index in [9.17, 15) is 19.8 Å². The number of anilines is 1. The van der Waals surface area contributed by atoms with Crippen molar-refractivity contribution in [3.05, 3.63) is 58.7 Å². The summed E-state index contributed by atoms with van der Waals surface area (Å²) in [5.41, 5.74) is 3.53. The van der Waals surface area contributed by atoms with E-state index in [1.807, 2.05) is 32.0 Å². The molecule has 2 rings (SSSR count). The van der Waals surface area contributed by atoms with Gasteiger partial charge in [0, 0.05) is 0 Å². The average Bonchev–Trinajstić information content (AvgIpc) is 2.47. The van der Waals surface area contributed by atoms with Crippen LogP contribution in [-0.4, -0.2) is 22.1 Å². The number of hydrogen-bond acceptors (Lipinski definition) is 3. The predicted octanol–water partition coefficient (Wildman–Crippen LogP) is 3.38. The zero-order chi connectivity index (χ0) is 17.9. The summed E-state index contributed by atoms with van der Waals surface area (Å²) in [6, 6.07) is 10.5. The lowest BCUT2D eigenvalue weighted by Gasteiger charge is -2.15. The van der Waals surface area contributed by atoms with Crippen LogP contribution in [0.2, 0.25) is 0 Å². The second-order valence-electron chi connectivity index (χ2n) is 6.02. The lowest BCUT2D eigenvalue weighted by Crippen LogP contribution is -2.18. The molecule has 5 nitrogen and oxygen atoms in total. The summed E-state index contributed by atoms with van der Waals surface area (Å²) >= 11 is 0. The smallest absolute Gasteiger partial charge is 0.310 e. The molecular formula is C19H21NO4. The Morgan fingerprint density at radius 3 is 2.33 bits per heavy atom. The number of aryl methyl sites for hydroxylation is 2. The molecule has 0 aliphatic carbocycles. The highest BCUT2D eigenvalue weighted by atomic mass is 16.4. The van der Waals surface area contributed by atoms with Crippen molar-refractivity contribution in [1.82, 2.24) is 0 Å². The number of phenols is 1. The fraction of sp³-hybridized carbons (Fsp3) is 0.263. The van der Waals surface area contributed by atoms with Gasteiger partial charge in [-0.05, 0) is 38.0 Å². The molecule has 0 aliphatic heterocycles. The minimum atomic E-state index is -1.02. The molecule has 0 spiro atoms. The Hall–Kier alpha value is -2.82. The molecule has 2 aromatic rings. The van der Waals surface area contributed by atoms with E-state index in [0.717, 1.165) is 16.7 Å². The van der Waals surface area contributed by atoms with E-state index >= 15 is 0 Å². The van der Waals surface area contributed by atoms with Gasteiger partial charge in [-0.15, -0.1) is 0 Å². The molecule has 0 fully saturated rings. The van der Waals surface area contributed by atoms with E-state index in [4.69, 9.17) is 0 Å². The molecule has 0 saturated heterocycles. The number of benzene rings is 2. The van der Waals surface area contributed by atoms with E-state index in [2.05, 4.69) is 5.32 Å². The number of carbonyl (C=O) groups is 2. The van der Waals surface area contributed by atoms with Crippen LogP contribution >= 0.6 is 0 Å². The number of rotatable bonds is 5. The molecule has 0 bridgehead atoms. The number of aromatic hydroxyl groups is 1. The van der Waals surface area contributed by atoms with Crippen molar-refractivity contribution in [3.63, 3.8) is 0 Å². The van der Waals surface area contributed by atoms with Gasteiger partial charge in [0.25, 0.3) is 0 Å². The van der Waals surface area contributed by atoms with Gasteiger partial charge in [0.2, 0.25) is 5.91 Å². The quantitative estimate of drug-likeness (QED) is 0.735. The minimum absolute atomic E-state index is 0.144. The highest BCUT2D eigenvalue weighted by molar-refractivity contribution is 5.95. The number of nitrogens with one attached hydrogen (secondary N) is 1. The van der Waals surface area contributed by atoms with Crippen LogP contribution < -0.4 is 5.32 Å². The Kier molecular flexibility index (Phi) is 5.24. The number of carbonyl (C=O) groups excluding carboxylic acids is 1. The molecule has 0 unspecified atom stereocenters. The molecule has 0 aliphatic rings. The van der Waals surface area contributed by atoms with Crippen LogP contribution in [0.1, 0.15) is 35.1 Å². The zero-order valence-electron chi connectivity index (χ0n) is 14.0. The normalized spacial score (nSPS) is 11.8. The molecule has 2 aromatic carbocycles. The van der Waals surface area contributed by atoms with E-state index in [-0.39, 0.29) is 23.8 Å². The summed E-state index contributed by atoms with van der Waals surface area (Å²) in [5.74, 6) is -2.31. The number of phenolic OH excluding ortho intramolecular Hbond substituents is 1. The molecular weight excluding hydrogens is 306 g/mol. The summed E-state index contributed by atoms with van der Waals surface area (Å²) in [7, 11) is 0. The molecule has 0 saturated carbocycles. The lowest BCUT2D eigenvalue weighted by atomic mass is 9.98. The molecule has 0 radical (unpaired) electrons. The highest BCUT2D eigenvalue weighted by Gasteiger charge is 2.21. The minimum Gasteiger partial charge on any atom is -0.506 e. The highest BCUT2D eigenvalue weighted by Crippen LogP contribution is 2.32. The van der Waals surface area contributed by atoms with Crippen LogP contribution in [0.25, 0.3) is 0 Å². The molecule has 0 heterocycles. The largest absolute Gasteiger partial charge is 0.506 e. The van der Waals surface area contributed by atoms with Crippen LogP contribution in [0, 0.1) is 13.8 Å². The molecule has 126 valence electrons. The molecule has 5 heteroatoms. The fourth-order valence-corrected chi connectivity index (χ4v) is 2.73. The van der Waals surface area contributed by atoms with E-state index in [1.165, 1.54) is 13.0 Å². The summed E-state index contributed by atoms with van der Waals surface area (Å²) < 4.78 is 0.